The molecule has 2 nitrogen and oxygen atoms in total. The van der Waals surface area contributed by atoms with Gasteiger partial charge in [0.25, 0.3) is 0 Å². The standard InChI is InChI=1S/C14H16O2/c1-13(2)10-8-6-5-7-9(10)11(15)12(16)14(13,3)4/h5-8H,1-4H3. The van der Waals surface area contributed by atoms with Gasteiger partial charge in [-0.1, -0.05) is 52.0 Å². The number of ketones is 2. The van der Waals surface area contributed by atoms with Gasteiger partial charge in [-0.25, -0.2) is 0 Å². The van der Waals surface area contributed by atoms with Crippen LogP contribution in [0.25, 0.3) is 0 Å². The van der Waals surface area contributed by atoms with Crippen LogP contribution in [0.5, 0.6) is 0 Å². The lowest BCUT2D eigenvalue weighted by Crippen LogP contribution is -2.50. The summed E-state index contributed by atoms with van der Waals surface area (Å²) in [5.41, 5.74) is 0.592. The number of carbonyl (C=O) groups is 2. The quantitative estimate of drug-likeness (QED) is 0.625. The third-order valence-electron chi connectivity index (χ3n) is 4.18. The molecule has 0 unspecified atom stereocenters. The van der Waals surface area contributed by atoms with Gasteiger partial charge in [0.05, 0.1) is 0 Å². The number of rotatable bonds is 0. The molecule has 0 saturated carbocycles. The largest absolute Gasteiger partial charge is 0.290 e. The highest BCUT2D eigenvalue weighted by atomic mass is 16.2. The molecule has 0 amide bonds. The van der Waals surface area contributed by atoms with Gasteiger partial charge in [0.1, 0.15) is 0 Å². The van der Waals surface area contributed by atoms with Crippen molar-refractivity contribution in [1.82, 2.24) is 0 Å². The lowest BCUT2D eigenvalue weighted by atomic mass is 9.56. The van der Waals surface area contributed by atoms with E-state index < -0.39 is 5.41 Å². The smallest absolute Gasteiger partial charge is 0.229 e. The van der Waals surface area contributed by atoms with Crippen molar-refractivity contribution < 1.29 is 9.59 Å². The van der Waals surface area contributed by atoms with E-state index in [9.17, 15) is 9.59 Å². The summed E-state index contributed by atoms with van der Waals surface area (Å²) in [6.07, 6.45) is 0. The average molecular weight is 216 g/mol. The second kappa shape index (κ2) is 3.03. The molecule has 0 fully saturated rings. The van der Waals surface area contributed by atoms with Crippen molar-refractivity contribution in [3.8, 4) is 0 Å². The van der Waals surface area contributed by atoms with E-state index >= 15 is 0 Å². The third-order valence-corrected chi connectivity index (χ3v) is 4.18. The van der Waals surface area contributed by atoms with Crippen LogP contribution in [0.3, 0.4) is 0 Å². The Morgan fingerprint density at radius 3 is 2.06 bits per heavy atom. The van der Waals surface area contributed by atoms with Gasteiger partial charge in [-0.15, -0.1) is 0 Å². The van der Waals surface area contributed by atoms with Crippen LogP contribution in [0, 0.1) is 5.41 Å². The molecule has 2 rings (SSSR count). The molecule has 0 aliphatic heterocycles. The van der Waals surface area contributed by atoms with Gasteiger partial charge in [-0.05, 0) is 5.56 Å². The van der Waals surface area contributed by atoms with Crippen LogP contribution in [0.4, 0.5) is 0 Å². The van der Waals surface area contributed by atoms with Crippen molar-refractivity contribution in [2.24, 2.45) is 5.41 Å². The second-order valence-corrected chi connectivity index (χ2v) is 5.45. The topological polar surface area (TPSA) is 34.1 Å². The number of Topliss-reactive ketones (excluding diaryl/α,β-unsaturated/α-hetero) is 2. The van der Waals surface area contributed by atoms with Gasteiger partial charge in [-0.3, -0.25) is 9.59 Å². The summed E-state index contributed by atoms with van der Waals surface area (Å²) in [5, 5.41) is 0. The monoisotopic (exact) mass is 216 g/mol. The first-order chi connectivity index (χ1) is 7.30. The fourth-order valence-corrected chi connectivity index (χ4v) is 2.25. The summed E-state index contributed by atoms with van der Waals surface area (Å²) in [5.74, 6) is -0.629. The van der Waals surface area contributed by atoms with E-state index in [1.807, 2.05) is 39.8 Å². The zero-order valence-electron chi connectivity index (χ0n) is 10.1. The highest BCUT2D eigenvalue weighted by molar-refractivity contribution is 6.46. The summed E-state index contributed by atoms with van der Waals surface area (Å²) < 4.78 is 0. The Morgan fingerprint density at radius 2 is 1.44 bits per heavy atom. The summed E-state index contributed by atoms with van der Waals surface area (Å²) in [7, 11) is 0. The molecule has 0 bridgehead atoms. The molecule has 0 atom stereocenters. The number of hydrogen-bond donors (Lipinski definition) is 0. The normalized spacial score (nSPS) is 21.8. The molecule has 0 spiro atoms. The minimum absolute atomic E-state index is 0.281. The van der Waals surface area contributed by atoms with Crippen molar-refractivity contribution in [2.45, 2.75) is 33.1 Å². The average Bonchev–Trinajstić information content (AvgIpc) is 2.25. The van der Waals surface area contributed by atoms with Gasteiger partial charge in [-0.2, -0.15) is 0 Å². The zero-order chi connectivity index (χ0) is 12.1. The molecule has 1 aliphatic rings. The molecule has 0 N–H and O–H groups in total. The fraction of sp³-hybridized carbons (Fsp3) is 0.429. The molecule has 0 heterocycles. The Kier molecular flexibility index (Phi) is 2.10. The Hall–Kier alpha value is -1.44. The van der Waals surface area contributed by atoms with Crippen LogP contribution in [0.1, 0.15) is 43.6 Å². The first kappa shape index (κ1) is 11.1. The van der Waals surface area contributed by atoms with Crippen molar-refractivity contribution >= 4 is 11.6 Å². The van der Waals surface area contributed by atoms with E-state index in [0.29, 0.717) is 5.56 Å². The maximum absolute atomic E-state index is 12.1. The van der Waals surface area contributed by atoms with Crippen molar-refractivity contribution in [1.29, 1.82) is 0 Å². The molecule has 16 heavy (non-hydrogen) atoms. The third kappa shape index (κ3) is 1.13. The van der Waals surface area contributed by atoms with Gasteiger partial charge in [0.2, 0.25) is 11.6 Å². The number of carbonyl (C=O) groups excluding carboxylic acids is 2. The van der Waals surface area contributed by atoms with Crippen molar-refractivity contribution in [2.75, 3.05) is 0 Å². The maximum Gasteiger partial charge on any atom is 0.229 e. The highest BCUT2D eigenvalue weighted by Gasteiger charge is 2.51. The summed E-state index contributed by atoms with van der Waals surface area (Å²) in [6, 6.07) is 7.41. The predicted molar refractivity (Wildman–Crippen MR) is 62.6 cm³/mol. The lowest BCUT2D eigenvalue weighted by molar-refractivity contribution is -0.126. The van der Waals surface area contributed by atoms with Crippen LogP contribution in [0.2, 0.25) is 0 Å². The Morgan fingerprint density at radius 1 is 0.875 bits per heavy atom. The lowest BCUT2D eigenvalue weighted by Gasteiger charge is -2.44. The van der Waals surface area contributed by atoms with Crippen molar-refractivity contribution in [3.63, 3.8) is 0 Å². The van der Waals surface area contributed by atoms with E-state index in [1.54, 1.807) is 12.1 Å². The van der Waals surface area contributed by atoms with Crippen LogP contribution >= 0.6 is 0 Å². The predicted octanol–water partition coefficient (Wildman–Crippen LogP) is 2.76. The zero-order valence-corrected chi connectivity index (χ0v) is 10.1. The SMILES string of the molecule is CC1(C)C(=O)C(=O)c2ccccc2C1(C)C. The second-order valence-electron chi connectivity index (χ2n) is 5.45. The molecule has 0 aromatic heterocycles. The minimum Gasteiger partial charge on any atom is -0.290 e. The fourth-order valence-electron chi connectivity index (χ4n) is 2.25. The van der Waals surface area contributed by atoms with Crippen LogP contribution < -0.4 is 0 Å². The number of fused-ring (bicyclic) bond motifs is 1. The minimum atomic E-state index is -0.640. The van der Waals surface area contributed by atoms with Gasteiger partial charge < -0.3 is 0 Å². The van der Waals surface area contributed by atoms with E-state index in [4.69, 9.17) is 0 Å². The van der Waals surface area contributed by atoms with Crippen LogP contribution in [-0.4, -0.2) is 11.6 Å². The van der Waals surface area contributed by atoms with E-state index in [1.165, 1.54) is 0 Å². The number of benzene rings is 1. The molecule has 1 aliphatic carbocycles. The Balaban J connectivity index is 2.79. The molecular formula is C14H16O2. The van der Waals surface area contributed by atoms with Gasteiger partial charge in [0, 0.05) is 16.4 Å². The first-order valence-corrected chi connectivity index (χ1v) is 5.49. The van der Waals surface area contributed by atoms with Crippen LogP contribution in [-0.2, 0) is 10.2 Å². The molecule has 2 heteroatoms. The molecule has 0 saturated heterocycles. The van der Waals surface area contributed by atoms with Gasteiger partial charge >= 0.3 is 0 Å². The molecular weight excluding hydrogens is 200 g/mol. The molecule has 1 aromatic carbocycles. The summed E-state index contributed by atoms with van der Waals surface area (Å²) >= 11 is 0. The molecule has 1 aromatic rings. The molecule has 84 valence electrons. The summed E-state index contributed by atoms with van der Waals surface area (Å²) in [4.78, 5) is 24.0. The van der Waals surface area contributed by atoms with E-state index in [0.717, 1.165) is 5.56 Å². The van der Waals surface area contributed by atoms with Crippen molar-refractivity contribution in [3.05, 3.63) is 35.4 Å². The Labute approximate surface area is 95.7 Å². The van der Waals surface area contributed by atoms with E-state index in [-0.39, 0.29) is 17.0 Å². The first-order valence-electron chi connectivity index (χ1n) is 5.49. The Bertz CT molecular complexity index is 481. The maximum atomic E-state index is 12.1. The van der Waals surface area contributed by atoms with Gasteiger partial charge in [0.15, 0.2) is 0 Å². The summed E-state index contributed by atoms with van der Waals surface area (Å²) in [6.45, 7) is 7.75. The molecule has 0 radical (unpaired) electrons. The number of hydrogen-bond acceptors (Lipinski definition) is 2. The van der Waals surface area contributed by atoms with E-state index in [2.05, 4.69) is 0 Å². The van der Waals surface area contributed by atoms with Crippen LogP contribution in [0.15, 0.2) is 24.3 Å². The highest BCUT2D eigenvalue weighted by Crippen LogP contribution is 2.47.